The van der Waals surface area contributed by atoms with Crippen LogP contribution in [0.3, 0.4) is 0 Å². The minimum absolute atomic E-state index is 0.200. The van der Waals surface area contributed by atoms with Crippen LogP contribution in [0.1, 0.15) is 38.9 Å². The van der Waals surface area contributed by atoms with Crippen LogP contribution in [0.15, 0.2) is 71.3 Å². The van der Waals surface area contributed by atoms with Gasteiger partial charge in [-0.05, 0) is 44.2 Å². The van der Waals surface area contributed by atoms with Gasteiger partial charge in [-0.25, -0.2) is 4.79 Å². The molecule has 0 atom stereocenters. The number of aliphatic carboxylic acids is 1. The van der Waals surface area contributed by atoms with Gasteiger partial charge in [0.05, 0.1) is 22.2 Å². The van der Waals surface area contributed by atoms with Crippen molar-refractivity contribution in [3.63, 3.8) is 0 Å². The summed E-state index contributed by atoms with van der Waals surface area (Å²) in [5, 5.41) is 8.62. The summed E-state index contributed by atoms with van der Waals surface area (Å²) in [5.41, 5.74) is 1.39. The van der Waals surface area contributed by atoms with Crippen LogP contribution >= 0.6 is 0 Å². The summed E-state index contributed by atoms with van der Waals surface area (Å²) in [4.78, 5) is 25.2. The van der Waals surface area contributed by atoms with Gasteiger partial charge in [-0.1, -0.05) is 30.3 Å². The zero-order chi connectivity index (χ0) is 25.4. The molecular weight excluding hydrogens is 422 g/mol. The zero-order valence-corrected chi connectivity index (χ0v) is 18.7. The Morgan fingerprint density at radius 2 is 1.82 bits per heavy atom. The number of benzene rings is 2. The van der Waals surface area contributed by atoms with Crippen LogP contribution in [0.25, 0.3) is 11.3 Å². The van der Waals surface area contributed by atoms with E-state index in [1.54, 1.807) is 74.7 Å². The standard InChI is InChI=1S/C26H29NO6/c1-19(2)27(26(30)21-12-10-20(11-13-21)23-9-5-15-32-23)17-22-7-3-4-8-24(22)33-16-6-14-31-18-25(28)29/h3-5,7-13,15,19H,6,14,16-18H2,1-2H3,(H,28,29)/i17D2. The van der Waals surface area contributed by atoms with Crippen molar-refractivity contribution in [2.75, 3.05) is 19.8 Å². The molecular formula is C26H29NO6. The molecule has 1 N–H and O–H groups in total. The number of carboxylic acids is 1. The maximum absolute atomic E-state index is 13.5. The number of carbonyl (C=O) groups is 2. The van der Waals surface area contributed by atoms with Gasteiger partial charge >= 0.3 is 5.97 Å². The van der Waals surface area contributed by atoms with Crippen LogP contribution in [-0.4, -0.2) is 47.7 Å². The van der Waals surface area contributed by atoms with Crippen LogP contribution in [-0.2, 0) is 16.0 Å². The third kappa shape index (κ3) is 6.95. The van der Waals surface area contributed by atoms with E-state index in [0.29, 0.717) is 23.5 Å². The maximum Gasteiger partial charge on any atom is 0.329 e. The van der Waals surface area contributed by atoms with E-state index in [4.69, 9.17) is 21.7 Å². The summed E-state index contributed by atoms with van der Waals surface area (Å²) in [5.74, 6) is -0.506. The number of carboxylic acid groups (broad SMARTS) is 1. The molecule has 7 heteroatoms. The molecule has 1 heterocycles. The second-order valence-corrected chi connectivity index (χ2v) is 7.58. The van der Waals surface area contributed by atoms with Crippen LogP contribution in [0, 0.1) is 0 Å². The van der Waals surface area contributed by atoms with Gasteiger partial charge in [0.1, 0.15) is 18.1 Å². The molecule has 2 aromatic carbocycles. The molecule has 0 bridgehead atoms. The van der Waals surface area contributed by atoms with Gasteiger partial charge in [0, 0.05) is 35.6 Å². The van der Waals surface area contributed by atoms with Crippen molar-refractivity contribution in [2.45, 2.75) is 32.8 Å². The minimum atomic E-state index is -2.17. The predicted octanol–water partition coefficient (Wildman–Crippen LogP) is 4.87. The summed E-state index contributed by atoms with van der Waals surface area (Å²) in [6, 6.07) is 16.7. The van der Waals surface area contributed by atoms with E-state index in [-0.39, 0.29) is 25.4 Å². The highest BCUT2D eigenvalue weighted by Gasteiger charge is 2.21. The first-order chi connectivity index (χ1) is 16.7. The highest BCUT2D eigenvalue weighted by atomic mass is 16.5. The molecule has 7 nitrogen and oxygen atoms in total. The van der Waals surface area contributed by atoms with Crippen molar-refractivity contribution >= 4 is 11.9 Å². The van der Waals surface area contributed by atoms with Crippen LogP contribution in [0.4, 0.5) is 0 Å². The lowest BCUT2D eigenvalue weighted by molar-refractivity contribution is -0.142. The monoisotopic (exact) mass is 453 g/mol. The molecule has 0 saturated heterocycles. The van der Waals surface area contributed by atoms with E-state index in [0.717, 1.165) is 5.56 Å². The molecule has 0 radical (unpaired) electrons. The van der Waals surface area contributed by atoms with Gasteiger partial charge in [0.25, 0.3) is 5.91 Å². The second kappa shape index (κ2) is 11.9. The van der Waals surface area contributed by atoms with Gasteiger partial charge in [-0.3, -0.25) is 4.79 Å². The Labute approximate surface area is 196 Å². The lowest BCUT2D eigenvalue weighted by atomic mass is 10.1. The molecule has 0 spiro atoms. The lowest BCUT2D eigenvalue weighted by Crippen LogP contribution is -2.36. The van der Waals surface area contributed by atoms with Crippen molar-refractivity contribution in [2.24, 2.45) is 0 Å². The summed E-state index contributed by atoms with van der Waals surface area (Å²) >= 11 is 0. The SMILES string of the molecule is [2H]C([2H])(c1ccccc1OCCCOCC(=O)O)N(C(=O)c1ccc(-c2ccco2)cc1)C(C)C. The first-order valence-electron chi connectivity index (χ1n) is 11.7. The molecule has 0 fully saturated rings. The molecule has 0 saturated carbocycles. The van der Waals surface area contributed by atoms with Gasteiger partial charge in [-0.15, -0.1) is 0 Å². The van der Waals surface area contributed by atoms with E-state index in [1.165, 1.54) is 4.90 Å². The lowest BCUT2D eigenvalue weighted by Gasteiger charge is -2.28. The fourth-order valence-electron chi connectivity index (χ4n) is 3.09. The fourth-order valence-corrected chi connectivity index (χ4v) is 3.09. The quantitative estimate of drug-likeness (QED) is 0.394. The first-order valence-corrected chi connectivity index (χ1v) is 10.7. The van der Waals surface area contributed by atoms with Gasteiger partial charge < -0.3 is 23.9 Å². The summed E-state index contributed by atoms with van der Waals surface area (Å²) in [6.45, 7) is 1.38. The third-order valence-corrected chi connectivity index (χ3v) is 4.72. The highest BCUT2D eigenvalue weighted by Crippen LogP contribution is 2.24. The molecule has 0 aliphatic heterocycles. The van der Waals surface area contributed by atoms with Crippen molar-refractivity contribution in [3.05, 3.63) is 78.1 Å². The normalized spacial score (nSPS) is 12.2. The molecule has 33 heavy (non-hydrogen) atoms. The van der Waals surface area contributed by atoms with Crippen LogP contribution in [0.2, 0.25) is 0 Å². The Kier molecular flexibility index (Phi) is 7.66. The zero-order valence-electron chi connectivity index (χ0n) is 20.7. The second-order valence-electron chi connectivity index (χ2n) is 7.58. The number of hydrogen-bond acceptors (Lipinski definition) is 5. The first kappa shape index (κ1) is 21.3. The summed E-state index contributed by atoms with van der Waals surface area (Å²) in [6.07, 6.45) is 2.01. The minimum Gasteiger partial charge on any atom is -0.493 e. The van der Waals surface area contributed by atoms with Crippen molar-refractivity contribution < 1.29 is 31.3 Å². The van der Waals surface area contributed by atoms with Crippen molar-refractivity contribution in [1.82, 2.24) is 4.90 Å². The summed E-state index contributed by atoms with van der Waals surface area (Å²) < 4.78 is 34.0. The highest BCUT2D eigenvalue weighted by molar-refractivity contribution is 5.94. The Bertz CT molecular complexity index is 1110. The van der Waals surface area contributed by atoms with Gasteiger partial charge in [-0.2, -0.15) is 0 Å². The van der Waals surface area contributed by atoms with Crippen LogP contribution < -0.4 is 4.74 Å². The van der Waals surface area contributed by atoms with E-state index in [1.807, 2.05) is 6.07 Å². The number of amides is 1. The molecule has 0 aliphatic rings. The Balaban J connectivity index is 1.78. The fraction of sp³-hybridized carbons (Fsp3) is 0.308. The number of ether oxygens (including phenoxy) is 2. The number of hydrogen-bond donors (Lipinski definition) is 1. The summed E-state index contributed by atoms with van der Waals surface area (Å²) in [7, 11) is 0. The Morgan fingerprint density at radius 1 is 1.06 bits per heavy atom. The maximum atomic E-state index is 13.5. The van der Waals surface area contributed by atoms with E-state index in [2.05, 4.69) is 0 Å². The van der Waals surface area contributed by atoms with Crippen molar-refractivity contribution in [1.29, 1.82) is 0 Å². The third-order valence-electron chi connectivity index (χ3n) is 4.72. The van der Waals surface area contributed by atoms with Gasteiger partial charge in [0.15, 0.2) is 0 Å². The molecule has 0 aliphatic carbocycles. The molecule has 1 amide bonds. The number of rotatable bonds is 12. The molecule has 0 unspecified atom stereocenters. The van der Waals surface area contributed by atoms with Crippen LogP contribution in [0.5, 0.6) is 5.75 Å². The molecule has 3 rings (SSSR count). The average Bonchev–Trinajstić information content (AvgIpc) is 3.36. The smallest absolute Gasteiger partial charge is 0.329 e. The molecule has 174 valence electrons. The van der Waals surface area contributed by atoms with E-state index < -0.39 is 24.4 Å². The Morgan fingerprint density at radius 3 is 2.48 bits per heavy atom. The topological polar surface area (TPSA) is 89.2 Å². The molecule has 3 aromatic rings. The predicted molar refractivity (Wildman–Crippen MR) is 124 cm³/mol. The number of carbonyl (C=O) groups excluding carboxylic acids is 1. The number of furan rings is 1. The Hall–Kier alpha value is -3.58. The largest absolute Gasteiger partial charge is 0.493 e. The van der Waals surface area contributed by atoms with E-state index in [9.17, 15) is 9.59 Å². The number of para-hydroxylation sites is 1. The average molecular weight is 454 g/mol. The van der Waals surface area contributed by atoms with Gasteiger partial charge in [0.2, 0.25) is 0 Å². The number of nitrogens with zero attached hydrogens (tertiary/aromatic N) is 1. The molecule has 1 aromatic heterocycles. The van der Waals surface area contributed by atoms with E-state index >= 15 is 0 Å². The van der Waals surface area contributed by atoms with Crippen molar-refractivity contribution in [3.8, 4) is 17.1 Å².